The van der Waals surface area contributed by atoms with Crippen molar-refractivity contribution < 1.29 is 4.39 Å². The third-order valence-corrected chi connectivity index (χ3v) is 4.08. The number of benzene rings is 2. The lowest BCUT2D eigenvalue weighted by molar-refractivity contribution is 0.601. The molecule has 0 fully saturated rings. The predicted molar refractivity (Wildman–Crippen MR) is 82.1 cm³/mol. The maximum atomic E-state index is 13.9. The Bertz CT molecular complexity index is 621. The van der Waals surface area contributed by atoms with Crippen molar-refractivity contribution in [2.45, 2.75) is 29.6 Å². The van der Waals surface area contributed by atoms with Crippen molar-refractivity contribution in [3.8, 4) is 0 Å². The fourth-order valence-electron chi connectivity index (χ4n) is 1.80. The zero-order valence-electron chi connectivity index (χ0n) is 11.5. The fraction of sp³-hybridized carbons (Fsp3) is 0.188. The zero-order valence-corrected chi connectivity index (χ0v) is 12.3. The SMILES string of the molecule is CC(C)c1ccc(Sc2ccc(C(=N)N)cc2F)cc1. The molecule has 20 heavy (non-hydrogen) atoms. The normalized spacial score (nSPS) is 10.8. The van der Waals surface area contributed by atoms with Gasteiger partial charge in [-0.3, -0.25) is 5.41 Å². The van der Waals surface area contributed by atoms with Crippen molar-refractivity contribution in [1.82, 2.24) is 0 Å². The molecule has 2 aromatic carbocycles. The highest BCUT2D eigenvalue weighted by molar-refractivity contribution is 7.99. The van der Waals surface area contributed by atoms with Gasteiger partial charge in [-0.25, -0.2) is 4.39 Å². The largest absolute Gasteiger partial charge is 0.384 e. The maximum Gasteiger partial charge on any atom is 0.137 e. The summed E-state index contributed by atoms with van der Waals surface area (Å²) in [5.74, 6) is 0.0120. The van der Waals surface area contributed by atoms with E-state index in [0.717, 1.165) is 4.90 Å². The van der Waals surface area contributed by atoms with E-state index in [9.17, 15) is 4.39 Å². The summed E-state index contributed by atoms with van der Waals surface area (Å²) in [6, 6.07) is 12.7. The quantitative estimate of drug-likeness (QED) is 0.647. The smallest absolute Gasteiger partial charge is 0.137 e. The molecule has 0 aliphatic carbocycles. The van der Waals surface area contributed by atoms with Crippen LogP contribution in [0.2, 0.25) is 0 Å². The molecular weight excluding hydrogens is 271 g/mol. The molecule has 2 rings (SSSR count). The fourth-order valence-corrected chi connectivity index (χ4v) is 2.62. The van der Waals surface area contributed by atoms with E-state index >= 15 is 0 Å². The van der Waals surface area contributed by atoms with Gasteiger partial charge in [0.1, 0.15) is 11.7 Å². The molecule has 0 aliphatic rings. The Morgan fingerprint density at radius 2 is 1.80 bits per heavy atom. The van der Waals surface area contributed by atoms with Crippen molar-refractivity contribution in [1.29, 1.82) is 5.41 Å². The van der Waals surface area contributed by atoms with Gasteiger partial charge >= 0.3 is 0 Å². The molecule has 0 saturated carbocycles. The van der Waals surface area contributed by atoms with Crippen molar-refractivity contribution in [2.75, 3.05) is 0 Å². The molecule has 0 unspecified atom stereocenters. The molecule has 0 amide bonds. The second-order valence-corrected chi connectivity index (χ2v) is 6.00. The highest BCUT2D eigenvalue weighted by atomic mass is 32.2. The van der Waals surface area contributed by atoms with Gasteiger partial charge in [0.15, 0.2) is 0 Å². The van der Waals surface area contributed by atoms with E-state index in [1.54, 1.807) is 12.1 Å². The molecule has 0 aliphatic heterocycles. The number of amidine groups is 1. The number of nitrogens with one attached hydrogen (secondary N) is 1. The molecule has 0 atom stereocenters. The van der Waals surface area contributed by atoms with Crippen molar-refractivity contribution in [2.24, 2.45) is 5.73 Å². The second kappa shape index (κ2) is 6.09. The van der Waals surface area contributed by atoms with Crippen LogP contribution in [0.5, 0.6) is 0 Å². The molecule has 0 heterocycles. The summed E-state index contributed by atoms with van der Waals surface area (Å²) in [5, 5.41) is 7.29. The lowest BCUT2D eigenvalue weighted by Gasteiger charge is -2.08. The molecule has 2 nitrogen and oxygen atoms in total. The molecule has 2 aromatic rings. The Kier molecular flexibility index (Phi) is 4.45. The van der Waals surface area contributed by atoms with E-state index in [-0.39, 0.29) is 11.7 Å². The molecular formula is C16H17FN2S. The number of nitrogen functional groups attached to an aromatic ring is 1. The Labute approximate surface area is 122 Å². The lowest BCUT2D eigenvalue weighted by atomic mass is 10.0. The summed E-state index contributed by atoms with van der Waals surface area (Å²) < 4.78 is 13.9. The average Bonchev–Trinajstić information content (AvgIpc) is 2.41. The Morgan fingerprint density at radius 1 is 1.15 bits per heavy atom. The van der Waals surface area contributed by atoms with Crippen LogP contribution in [0, 0.1) is 11.2 Å². The number of rotatable bonds is 4. The molecule has 0 saturated heterocycles. The van der Waals surface area contributed by atoms with Gasteiger partial charge in [-0.1, -0.05) is 37.7 Å². The first kappa shape index (κ1) is 14.6. The van der Waals surface area contributed by atoms with Crippen molar-refractivity contribution >= 4 is 17.6 Å². The van der Waals surface area contributed by atoms with Crippen LogP contribution in [-0.2, 0) is 0 Å². The third kappa shape index (κ3) is 3.39. The Morgan fingerprint density at radius 3 is 2.30 bits per heavy atom. The van der Waals surface area contributed by atoms with Gasteiger partial charge in [-0.2, -0.15) is 0 Å². The van der Waals surface area contributed by atoms with E-state index in [4.69, 9.17) is 11.1 Å². The molecule has 0 spiro atoms. The first-order valence-corrected chi connectivity index (χ1v) is 7.21. The van der Waals surface area contributed by atoms with Gasteiger partial charge in [-0.05, 0) is 41.8 Å². The number of nitrogens with two attached hydrogens (primary N) is 1. The Balaban J connectivity index is 2.19. The highest BCUT2D eigenvalue weighted by Gasteiger charge is 2.07. The van der Waals surface area contributed by atoms with Gasteiger partial charge in [-0.15, -0.1) is 0 Å². The van der Waals surface area contributed by atoms with Crippen molar-refractivity contribution in [3.05, 3.63) is 59.4 Å². The molecule has 4 heteroatoms. The number of halogens is 1. The minimum Gasteiger partial charge on any atom is -0.384 e. The predicted octanol–water partition coefficient (Wildman–Crippen LogP) is 4.38. The molecule has 104 valence electrons. The summed E-state index contributed by atoms with van der Waals surface area (Å²) in [7, 11) is 0. The summed E-state index contributed by atoms with van der Waals surface area (Å²) in [6.45, 7) is 4.28. The standard InChI is InChI=1S/C16H17FN2S/c1-10(2)11-3-6-13(7-4-11)20-15-8-5-12(16(18)19)9-14(15)17/h3-10H,1-2H3,(H3,18,19). The Hall–Kier alpha value is -1.81. The first-order chi connectivity index (χ1) is 9.47. The van der Waals surface area contributed by atoms with Crippen LogP contribution >= 0.6 is 11.8 Å². The zero-order chi connectivity index (χ0) is 14.7. The lowest BCUT2D eigenvalue weighted by Crippen LogP contribution is -2.11. The maximum absolute atomic E-state index is 13.9. The summed E-state index contributed by atoms with van der Waals surface area (Å²) in [6.07, 6.45) is 0. The van der Waals surface area contributed by atoms with Crippen LogP contribution in [0.4, 0.5) is 4.39 Å². The minimum atomic E-state index is -0.351. The van der Waals surface area contributed by atoms with Crippen molar-refractivity contribution in [3.63, 3.8) is 0 Å². The molecule has 3 N–H and O–H groups in total. The minimum absolute atomic E-state index is 0.123. The van der Waals surface area contributed by atoms with Gasteiger partial charge in [0.2, 0.25) is 0 Å². The average molecular weight is 288 g/mol. The number of hydrogen-bond acceptors (Lipinski definition) is 2. The highest BCUT2D eigenvalue weighted by Crippen LogP contribution is 2.31. The summed E-state index contributed by atoms with van der Waals surface area (Å²) in [4.78, 5) is 1.52. The monoisotopic (exact) mass is 288 g/mol. The number of hydrogen-bond donors (Lipinski definition) is 2. The topological polar surface area (TPSA) is 49.9 Å². The van der Waals surface area contributed by atoms with E-state index in [1.807, 2.05) is 12.1 Å². The first-order valence-electron chi connectivity index (χ1n) is 6.39. The molecule has 0 aromatic heterocycles. The van der Waals surface area contributed by atoms with Crippen LogP contribution in [0.1, 0.15) is 30.9 Å². The van der Waals surface area contributed by atoms with Crippen LogP contribution in [-0.4, -0.2) is 5.84 Å². The van der Waals surface area contributed by atoms with Crippen LogP contribution < -0.4 is 5.73 Å². The third-order valence-electron chi connectivity index (χ3n) is 3.02. The van der Waals surface area contributed by atoms with Crippen LogP contribution in [0.15, 0.2) is 52.3 Å². The second-order valence-electron chi connectivity index (χ2n) is 4.88. The van der Waals surface area contributed by atoms with Crippen LogP contribution in [0.3, 0.4) is 0 Å². The summed E-state index contributed by atoms with van der Waals surface area (Å²) >= 11 is 1.37. The van der Waals surface area contributed by atoms with Crippen LogP contribution in [0.25, 0.3) is 0 Å². The van der Waals surface area contributed by atoms with Gasteiger partial charge < -0.3 is 5.73 Å². The van der Waals surface area contributed by atoms with E-state index < -0.39 is 0 Å². The van der Waals surface area contributed by atoms with E-state index in [1.165, 1.54) is 23.4 Å². The van der Waals surface area contributed by atoms with Gasteiger partial charge in [0.05, 0.1) is 0 Å². The van der Waals surface area contributed by atoms with E-state index in [2.05, 4.69) is 26.0 Å². The van der Waals surface area contributed by atoms with E-state index in [0.29, 0.717) is 16.4 Å². The molecule has 0 radical (unpaired) electrons. The van der Waals surface area contributed by atoms with Gasteiger partial charge in [0.25, 0.3) is 0 Å². The van der Waals surface area contributed by atoms with Gasteiger partial charge in [0, 0.05) is 15.4 Å². The molecule has 0 bridgehead atoms. The summed E-state index contributed by atoms with van der Waals surface area (Å²) in [5.41, 5.74) is 7.01.